The van der Waals surface area contributed by atoms with Crippen LogP contribution in [-0.4, -0.2) is 9.97 Å². The number of aromatic nitrogens is 2. The molecule has 14 heavy (non-hydrogen) atoms. The van der Waals surface area contributed by atoms with Crippen LogP contribution in [0.2, 0.25) is 0 Å². The largest absolute Gasteiger partial charge is 0.344 e. The van der Waals surface area contributed by atoms with Gasteiger partial charge in [0, 0.05) is 5.69 Å². The number of aryl methyl sites for hydroxylation is 2. The molecule has 5 heteroatoms. The summed E-state index contributed by atoms with van der Waals surface area (Å²) in [5.74, 6) is 0.946. The number of nitrogens with two attached hydrogens (primary N) is 1. The molecule has 3 N–H and O–H groups in total. The molecule has 0 spiro atoms. The maximum absolute atomic E-state index is 5.73. The molecule has 1 atom stereocenters. The normalized spacial score (nSPS) is 16.1. The fourth-order valence-corrected chi connectivity index (χ4v) is 1.69. The van der Waals surface area contributed by atoms with Gasteiger partial charge in [0.2, 0.25) is 0 Å². The lowest BCUT2D eigenvalue weighted by Crippen LogP contribution is -2.06. The fraction of sp³-hybridized carbons (Fsp3) is 0.667. The first-order valence-corrected chi connectivity index (χ1v) is 4.60. The van der Waals surface area contributed by atoms with Crippen molar-refractivity contribution in [3.8, 4) is 0 Å². The highest BCUT2D eigenvalue weighted by Crippen LogP contribution is 2.20. The molecule has 0 radical (unpaired) electrons. The van der Waals surface area contributed by atoms with Crippen LogP contribution in [0.25, 0.3) is 0 Å². The van der Waals surface area contributed by atoms with Gasteiger partial charge in [-0.15, -0.1) is 24.8 Å². The SMILES string of the molecule is CC(N)c1nc2c([nH]1)CCCC2.Cl.Cl. The second-order valence-corrected chi connectivity index (χ2v) is 3.54. The molecule has 1 heterocycles. The van der Waals surface area contributed by atoms with Crippen LogP contribution in [0.1, 0.15) is 43.0 Å². The lowest BCUT2D eigenvalue weighted by Gasteiger charge is -2.07. The summed E-state index contributed by atoms with van der Waals surface area (Å²) in [6.07, 6.45) is 4.83. The quantitative estimate of drug-likeness (QED) is 0.787. The second kappa shape index (κ2) is 5.59. The van der Waals surface area contributed by atoms with E-state index in [9.17, 15) is 0 Å². The van der Waals surface area contributed by atoms with Gasteiger partial charge >= 0.3 is 0 Å². The topological polar surface area (TPSA) is 54.7 Å². The predicted molar refractivity (Wildman–Crippen MR) is 62.3 cm³/mol. The van der Waals surface area contributed by atoms with E-state index in [1.165, 1.54) is 24.2 Å². The van der Waals surface area contributed by atoms with Crippen LogP contribution in [-0.2, 0) is 12.8 Å². The first-order chi connectivity index (χ1) is 5.77. The van der Waals surface area contributed by atoms with E-state index in [2.05, 4.69) is 9.97 Å². The zero-order valence-electron chi connectivity index (χ0n) is 8.25. The number of fused-ring (bicyclic) bond motifs is 1. The molecule has 82 valence electrons. The summed E-state index contributed by atoms with van der Waals surface area (Å²) >= 11 is 0. The third-order valence-electron chi connectivity index (χ3n) is 2.40. The first kappa shape index (κ1) is 13.8. The number of halogens is 2. The van der Waals surface area contributed by atoms with E-state index < -0.39 is 0 Å². The molecule has 0 saturated carbocycles. The smallest absolute Gasteiger partial charge is 0.123 e. The maximum Gasteiger partial charge on any atom is 0.123 e. The Morgan fingerprint density at radius 2 is 1.93 bits per heavy atom. The van der Waals surface area contributed by atoms with Gasteiger partial charge in [0.25, 0.3) is 0 Å². The third kappa shape index (κ3) is 2.62. The van der Waals surface area contributed by atoms with Gasteiger partial charge < -0.3 is 10.7 Å². The molecular formula is C9H17Cl2N3. The van der Waals surface area contributed by atoms with Crippen LogP contribution in [0.5, 0.6) is 0 Å². The Kier molecular flexibility index (Phi) is 5.49. The minimum absolute atomic E-state index is 0. The Morgan fingerprint density at radius 3 is 2.50 bits per heavy atom. The van der Waals surface area contributed by atoms with Crippen LogP contribution in [0, 0.1) is 0 Å². The Hall–Kier alpha value is -0.250. The standard InChI is InChI=1S/C9H15N3.2ClH/c1-6(10)9-11-7-4-2-3-5-8(7)12-9;;/h6H,2-5,10H2,1H3,(H,11,12);2*1H. The number of H-pyrrole nitrogens is 1. The summed E-state index contributed by atoms with van der Waals surface area (Å²) in [6, 6.07) is 0.0376. The molecule has 0 aromatic carbocycles. The predicted octanol–water partition coefficient (Wildman–Crippen LogP) is 2.15. The minimum Gasteiger partial charge on any atom is -0.344 e. The fourth-order valence-electron chi connectivity index (χ4n) is 1.69. The third-order valence-corrected chi connectivity index (χ3v) is 2.40. The Morgan fingerprint density at radius 1 is 1.29 bits per heavy atom. The lowest BCUT2D eigenvalue weighted by molar-refractivity contribution is 0.667. The molecule has 0 fully saturated rings. The molecule has 1 aliphatic rings. The molecule has 1 unspecified atom stereocenters. The van der Waals surface area contributed by atoms with E-state index in [1.54, 1.807) is 0 Å². The Balaban J connectivity index is 0.000000845. The molecule has 0 amide bonds. The maximum atomic E-state index is 5.73. The van der Waals surface area contributed by atoms with Crippen molar-refractivity contribution >= 4 is 24.8 Å². The summed E-state index contributed by atoms with van der Waals surface area (Å²) in [5, 5.41) is 0. The van der Waals surface area contributed by atoms with Crippen LogP contribution in [0.4, 0.5) is 0 Å². The summed E-state index contributed by atoms with van der Waals surface area (Å²) in [4.78, 5) is 7.77. The van der Waals surface area contributed by atoms with Crippen LogP contribution in [0.15, 0.2) is 0 Å². The highest BCUT2D eigenvalue weighted by atomic mass is 35.5. The minimum atomic E-state index is 0. The van der Waals surface area contributed by atoms with E-state index in [-0.39, 0.29) is 30.9 Å². The van der Waals surface area contributed by atoms with Crippen molar-refractivity contribution in [1.29, 1.82) is 0 Å². The number of aromatic amines is 1. The van der Waals surface area contributed by atoms with E-state index in [0.29, 0.717) is 0 Å². The summed E-state index contributed by atoms with van der Waals surface area (Å²) < 4.78 is 0. The highest BCUT2D eigenvalue weighted by Gasteiger charge is 2.15. The van der Waals surface area contributed by atoms with Gasteiger partial charge in [0.15, 0.2) is 0 Å². The summed E-state index contributed by atoms with van der Waals surface area (Å²) in [5.41, 5.74) is 8.29. The van der Waals surface area contributed by atoms with Crippen molar-refractivity contribution in [3.63, 3.8) is 0 Å². The van der Waals surface area contributed by atoms with Crippen molar-refractivity contribution in [2.75, 3.05) is 0 Å². The number of hydrogen-bond acceptors (Lipinski definition) is 2. The second-order valence-electron chi connectivity index (χ2n) is 3.54. The molecule has 1 aliphatic carbocycles. The van der Waals surface area contributed by atoms with Crippen LogP contribution >= 0.6 is 24.8 Å². The number of rotatable bonds is 1. The van der Waals surface area contributed by atoms with Gasteiger partial charge in [-0.1, -0.05) is 0 Å². The number of nitrogens with zero attached hydrogens (tertiary/aromatic N) is 1. The van der Waals surface area contributed by atoms with Crippen molar-refractivity contribution in [2.24, 2.45) is 5.73 Å². The van der Waals surface area contributed by atoms with Gasteiger partial charge in [-0.2, -0.15) is 0 Å². The summed E-state index contributed by atoms with van der Waals surface area (Å²) in [6.45, 7) is 1.96. The van der Waals surface area contributed by atoms with Crippen molar-refractivity contribution in [1.82, 2.24) is 9.97 Å². The van der Waals surface area contributed by atoms with Gasteiger partial charge in [0.1, 0.15) is 5.82 Å². The van der Waals surface area contributed by atoms with E-state index in [0.717, 1.165) is 18.7 Å². The zero-order chi connectivity index (χ0) is 8.55. The van der Waals surface area contributed by atoms with E-state index >= 15 is 0 Å². The number of hydrogen-bond donors (Lipinski definition) is 2. The molecular weight excluding hydrogens is 221 g/mol. The monoisotopic (exact) mass is 237 g/mol. The van der Waals surface area contributed by atoms with Crippen molar-refractivity contribution in [2.45, 2.75) is 38.6 Å². The first-order valence-electron chi connectivity index (χ1n) is 4.60. The van der Waals surface area contributed by atoms with Gasteiger partial charge in [-0.25, -0.2) is 4.98 Å². The average Bonchev–Trinajstić information content (AvgIpc) is 2.46. The van der Waals surface area contributed by atoms with Crippen LogP contribution < -0.4 is 5.73 Å². The lowest BCUT2D eigenvalue weighted by atomic mass is 10.0. The highest BCUT2D eigenvalue weighted by molar-refractivity contribution is 5.85. The van der Waals surface area contributed by atoms with E-state index in [4.69, 9.17) is 5.73 Å². The average molecular weight is 238 g/mol. The molecule has 0 saturated heterocycles. The molecule has 0 bridgehead atoms. The molecule has 1 aromatic heterocycles. The number of imidazole rings is 1. The van der Waals surface area contributed by atoms with E-state index in [1.807, 2.05) is 6.92 Å². The van der Waals surface area contributed by atoms with Crippen molar-refractivity contribution in [3.05, 3.63) is 17.2 Å². The summed E-state index contributed by atoms with van der Waals surface area (Å²) in [7, 11) is 0. The number of nitrogens with one attached hydrogen (secondary N) is 1. The molecule has 2 rings (SSSR count). The van der Waals surface area contributed by atoms with Gasteiger partial charge in [-0.05, 0) is 32.6 Å². The van der Waals surface area contributed by atoms with Crippen molar-refractivity contribution < 1.29 is 0 Å². The van der Waals surface area contributed by atoms with Gasteiger partial charge in [-0.3, -0.25) is 0 Å². The molecule has 1 aromatic rings. The molecule has 3 nitrogen and oxygen atoms in total. The van der Waals surface area contributed by atoms with Crippen LogP contribution in [0.3, 0.4) is 0 Å². The zero-order valence-corrected chi connectivity index (χ0v) is 9.88. The molecule has 0 aliphatic heterocycles. The van der Waals surface area contributed by atoms with Gasteiger partial charge in [0.05, 0.1) is 11.7 Å². The Labute approximate surface area is 96.7 Å². The Bertz CT molecular complexity index is 260.